The monoisotopic (exact) mass is 245 g/mol. The van der Waals surface area contributed by atoms with Crippen LogP contribution in [0.15, 0.2) is 0 Å². The molecular formula is C12H27N3O2. The molecular weight excluding hydrogens is 218 g/mol. The summed E-state index contributed by atoms with van der Waals surface area (Å²) in [4.78, 5) is 14.0. The van der Waals surface area contributed by atoms with Gasteiger partial charge in [-0.1, -0.05) is 0 Å². The summed E-state index contributed by atoms with van der Waals surface area (Å²) in [5.74, 6) is 0.0297. The Labute approximate surface area is 105 Å². The number of carbonyl (C=O) groups excluding carboxylic acids is 1. The first-order valence-corrected chi connectivity index (χ1v) is 6.07. The molecule has 0 bridgehead atoms. The fraction of sp³-hybridized carbons (Fsp3) is 0.917. The van der Waals surface area contributed by atoms with Gasteiger partial charge >= 0.3 is 0 Å². The normalized spacial score (nSPS) is 13.8. The highest BCUT2D eigenvalue weighted by molar-refractivity contribution is 5.81. The Kier molecular flexibility index (Phi) is 7.34. The van der Waals surface area contributed by atoms with Crippen molar-refractivity contribution in [3.05, 3.63) is 0 Å². The summed E-state index contributed by atoms with van der Waals surface area (Å²) in [5, 5.41) is 2.97. The van der Waals surface area contributed by atoms with Gasteiger partial charge in [-0.3, -0.25) is 9.69 Å². The second kappa shape index (κ2) is 7.63. The summed E-state index contributed by atoms with van der Waals surface area (Å²) in [7, 11) is 1.65. The first-order valence-electron chi connectivity index (χ1n) is 6.07. The quantitative estimate of drug-likeness (QED) is 0.672. The fourth-order valence-electron chi connectivity index (χ4n) is 1.51. The van der Waals surface area contributed by atoms with E-state index in [9.17, 15) is 4.79 Å². The lowest BCUT2D eigenvalue weighted by atomic mass is 10.1. The van der Waals surface area contributed by atoms with E-state index < -0.39 is 0 Å². The number of rotatable bonds is 7. The standard InChI is InChI=1S/C12H27N3O2/c1-10(11(16)14-12(2,3)4)15(7-6-13)8-9-17-5/h10H,6-9,13H2,1-5H3,(H,14,16). The second-order valence-electron chi connectivity index (χ2n) is 5.23. The van der Waals surface area contributed by atoms with E-state index in [0.29, 0.717) is 26.2 Å². The molecule has 0 heterocycles. The first-order chi connectivity index (χ1) is 7.81. The summed E-state index contributed by atoms with van der Waals surface area (Å²) in [6.45, 7) is 10.4. The SMILES string of the molecule is COCCN(CCN)C(C)C(=O)NC(C)(C)C. The molecule has 1 atom stereocenters. The lowest BCUT2D eigenvalue weighted by Gasteiger charge is -2.30. The van der Waals surface area contributed by atoms with Crippen molar-refractivity contribution in [3.63, 3.8) is 0 Å². The number of methoxy groups -OCH3 is 1. The van der Waals surface area contributed by atoms with Gasteiger partial charge in [0.15, 0.2) is 0 Å². The van der Waals surface area contributed by atoms with Crippen molar-refractivity contribution in [1.29, 1.82) is 0 Å². The Bertz CT molecular complexity index is 226. The molecule has 1 amide bonds. The Balaban J connectivity index is 4.37. The maximum Gasteiger partial charge on any atom is 0.237 e. The second-order valence-corrected chi connectivity index (χ2v) is 5.23. The maximum absolute atomic E-state index is 12.0. The molecule has 5 nitrogen and oxygen atoms in total. The van der Waals surface area contributed by atoms with Crippen LogP contribution < -0.4 is 11.1 Å². The van der Waals surface area contributed by atoms with Gasteiger partial charge in [0.2, 0.25) is 5.91 Å². The molecule has 102 valence electrons. The number of nitrogens with one attached hydrogen (secondary N) is 1. The number of carbonyl (C=O) groups is 1. The minimum Gasteiger partial charge on any atom is -0.383 e. The van der Waals surface area contributed by atoms with Crippen LogP contribution in [0.2, 0.25) is 0 Å². The van der Waals surface area contributed by atoms with Gasteiger partial charge in [-0.2, -0.15) is 0 Å². The average Bonchev–Trinajstić information content (AvgIpc) is 2.20. The van der Waals surface area contributed by atoms with Crippen molar-refractivity contribution < 1.29 is 9.53 Å². The minimum atomic E-state index is -0.207. The lowest BCUT2D eigenvalue weighted by Crippen LogP contribution is -2.52. The van der Waals surface area contributed by atoms with Crippen molar-refractivity contribution in [2.75, 3.05) is 33.4 Å². The van der Waals surface area contributed by atoms with E-state index in [2.05, 4.69) is 5.32 Å². The third kappa shape index (κ3) is 7.31. The van der Waals surface area contributed by atoms with Crippen molar-refractivity contribution in [2.45, 2.75) is 39.3 Å². The van der Waals surface area contributed by atoms with Crippen LogP contribution in [-0.4, -0.2) is 55.7 Å². The number of ether oxygens (including phenoxy) is 1. The topological polar surface area (TPSA) is 67.6 Å². The summed E-state index contributed by atoms with van der Waals surface area (Å²) >= 11 is 0. The molecule has 0 aromatic heterocycles. The van der Waals surface area contributed by atoms with E-state index in [0.717, 1.165) is 0 Å². The average molecular weight is 245 g/mol. The number of nitrogens with zero attached hydrogens (tertiary/aromatic N) is 1. The summed E-state index contributed by atoms with van der Waals surface area (Å²) in [6.07, 6.45) is 0. The van der Waals surface area contributed by atoms with Crippen LogP contribution in [0.1, 0.15) is 27.7 Å². The van der Waals surface area contributed by atoms with Gasteiger partial charge in [0.05, 0.1) is 12.6 Å². The molecule has 17 heavy (non-hydrogen) atoms. The molecule has 0 aliphatic heterocycles. The van der Waals surface area contributed by atoms with E-state index in [1.807, 2.05) is 32.6 Å². The van der Waals surface area contributed by atoms with Crippen LogP contribution in [0.25, 0.3) is 0 Å². The summed E-state index contributed by atoms with van der Waals surface area (Å²) in [5.41, 5.74) is 5.34. The molecule has 0 fully saturated rings. The molecule has 0 radical (unpaired) electrons. The molecule has 0 aromatic rings. The first kappa shape index (κ1) is 16.4. The predicted octanol–water partition coefficient (Wildman–Crippen LogP) is 0.197. The molecule has 0 spiro atoms. The third-order valence-corrected chi connectivity index (χ3v) is 2.42. The van der Waals surface area contributed by atoms with E-state index in [-0.39, 0.29) is 17.5 Å². The van der Waals surface area contributed by atoms with E-state index >= 15 is 0 Å². The largest absolute Gasteiger partial charge is 0.383 e. The Morgan fingerprint density at radius 3 is 2.41 bits per heavy atom. The van der Waals surface area contributed by atoms with Crippen LogP contribution in [0, 0.1) is 0 Å². The summed E-state index contributed by atoms with van der Waals surface area (Å²) < 4.78 is 5.04. The molecule has 0 aliphatic rings. The smallest absolute Gasteiger partial charge is 0.237 e. The van der Waals surface area contributed by atoms with Crippen LogP contribution >= 0.6 is 0 Å². The number of hydrogen-bond donors (Lipinski definition) is 2. The zero-order chi connectivity index (χ0) is 13.5. The Morgan fingerprint density at radius 1 is 1.41 bits per heavy atom. The van der Waals surface area contributed by atoms with Gasteiger partial charge in [0.1, 0.15) is 0 Å². The highest BCUT2D eigenvalue weighted by atomic mass is 16.5. The summed E-state index contributed by atoms with van der Waals surface area (Å²) in [6, 6.07) is -0.187. The molecule has 1 unspecified atom stereocenters. The minimum absolute atomic E-state index is 0.0297. The van der Waals surface area contributed by atoms with Crippen LogP contribution in [-0.2, 0) is 9.53 Å². The molecule has 0 saturated heterocycles. The van der Waals surface area contributed by atoms with Gasteiger partial charge < -0.3 is 15.8 Å². The van der Waals surface area contributed by atoms with Gasteiger partial charge in [-0.05, 0) is 27.7 Å². The van der Waals surface area contributed by atoms with Crippen molar-refractivity contribution in [2.24, 2.45) is 5.73 Å². The fourth-order valence-corrected chi connectivity index (χ4v) is 1.51. The van der Waals surface area contributed by atoms with E-state index in [1.54, 1.807) is 7.11 Å². The van der Waals surface area contributed by atoms with Crippen LogP contribution in [0.4, 0.5) is 0 Å². The third-order valence-electron chi connectivity index (χ3n) is 2.42. The molecule has 0 aliphatic carbocycles. The number of amides is 1. The Morgan fingerprint density at radius 2 is 2.00 bits per heavy atom. The van der Waals surface area contributed by atoms with Gasteiger partial charge in [-0.25, -0.2) is 0 Å². The van der Waals surface area contributed by atoms with Gasteiger partial charge in [0.25, 0.3) is 0 Å². The van der Waals surface area contributed by atoms with Crippen LogP contribution in [0.3, 0.4) is 0 Å². The highest BCUT2D eigenvalue weighted by Gasteiger charge is 2.23. The Hall–Kier alpha value is -0.650. The zero-order valence-corrected chi connectivity index (χ0v) is 11.7. The molecule has 0 aromatic carbocycles. The van der Waals surface area contributed by atoms with Crippen molar-refractivity contribution >= 4 is 5.91 Å². The lowest BCUT2D eigenvalue weighted by molar-refractivity contribution is -0.127. The van der Waals surface area contributed by atoms with Gasteiger partial charge in [0, 0.05) is 32.3 Å². The van der Waals surface area contributed by atoms with Crippen molar-refractivity contribution in [3.8, 4) is 0 Å². The number of hydrogen-bond acceptors (Lipinski definition) is 4. The zero-order valence-electron chi connectivity index (χ0n) is 11.7. The van der Waals surface area contributed by atoms with E-state index in [1.165, 1.54) is 0 Å². The molecule has 0 rings (SSSR count). The highest BCUT2D eigenvalue weighted by Crippen LogP contribution is 2.04. The molecule has 0 saturated carbocycles. The van der Waals surface area contributed by atoms with Crippen molar-refractivity contribution in [1.82, 2.24) is 10.2 Å². The number of nitrogens with two attached hydrogens (primary N) is 1. The van der Waals surface area contributed by atoms with E-state index in [4.69, 9.17) is 10.5 Å². The molecule has 5 heteroatoms. The predicted molar refractivity (Wildman–Crippen MR) is 69.9 cm³/mol. The van der Waals surface area contributed by atoms with Gasteiger partial charge in [-0.15, -0.1) is 0 Å². The van der Waals surface area contributed by atoms with Crippen LogP contribution in [0.5, 0.6) is 0 Å². The maximum atomic E-state index is 12.0. The molecule has 3 N–H and O–H groups in total.